The molecule has 0 aliphatic carbocycles. The van der Waals surface area contributed by atoms with E-state index in [2.05, 4.69) is 83.9 Å². The Labute approximate surface area is 430 Å². The minimum Gasteiger partial charge on any atom is -0.462 e. The van der Waals surface area contributed by atoms with Gasteiger partial charge in [-0.25, -0.2) is 13.9 Å². The van der Waals surface area contributed by atoms with Crippen LogP contribution in [-0.2, 0) is 46.3 Å². The standard InChI is InChI=1S/C52H79N3O16P2/c1-3-5-7-9-11-13-15-17-18-20-22-24-26-28-32-37-48(58)69-44(40-66-47(57)36-33-29-31-35-43(56)34-30-27-25-23-21-19-16-14-12-10-8-6-4-2)41-67-72(62,63)71-73(64,65)68-42-45-49(59)50(60)51(70-45)55-39-38-46(53)54-52(55)61/h6,8,11-14,17-19,21-22,24-25,27,29-31,34,38-39,43-45,49-51,56,59-60H,3-5,7,9-10,15-16,20,23,26,28,32-33,35-37,40-42H2,1-2H3,(H,62,63)(H,64,65)(H2,53,54,61)/b8-6-,13-11-,14-12-,18-17-,21-19-,24-22-,27-25-,31-29-,34-30-/t43?,44-,45-,49-,50-,51-/m1/s1. The SMILES string of the molecule is CC/C=C\C/C=C\C/C=C\C/C=C\C=C/C(O)C/C=C\CCC(=O)OC[C@H](COP(=O)(O)OP(=O)(O)OC[C@H]1O[C@@H](n2ccc(N)nc2=O)[C@H](O)[C@@H]1O)OC(=O)CCCC/C=C\C/C=C\C/C=C\CCCCC. The molecule has 2 heterocycles. The van der Waals surface area contributed by atoms with E-state index in [4.69, 9.17) is 29.0 Å². The van der Waals surface area contributed by atoms with Gasteiger partial charge < -0.3 is 45.1 Å². The van der Waals surface area contributed by atoms with Gasteiger partial charge in [0.15, 0.2) is 12.3 Å². The Morgan fingerprint density at radius 3 is 1.96 bits per heavy atom. The minimum absolute atomic E-state index is 0.0425. The number of nitrogens with two attached hydrogens (primary N) is 1. The molecule has 3 unspecified atom stereocenters. The lowest BCUT2D eigenvalue weighted by Gasteiger charge is -2.21. The number of aromatic nitrogens is 2. The third-order valence-electron chi connectivity index (χ3n) is 10.4. The quantitative estimate of drug-likeness (QED) is 0.0118. The van der Waals surface area contributed by atoms with Crippen LogP contribution in [0.15, 0.2) is 126 Å². The van der Waals surface area contributed by atoms with Crippen molar-refractivity contribution in [1.82, 2.24) is 9.55 Å². The number of hydrogen-bond acceptors (Lipinski definition) is 16. The van der Waals surface area contributed by atoms with Gasteiger partial charge in [0.25, 0.3) is 0 Å². The Morgan fingerprint density at radius 2 is 1.33 bits per heavy atom. The van der Waals surface area contributed by atoms with Crippen LogP contribution in [0, 0.1) is 0 Å². The van der Waals surface area contributed by atoms with Gasteiger partial charge in [-0.05, 0) is 89.5 Å². The second kappa shape index (κ2) is 38.9. The number of allylic oxidation sites excluding steroid dienone is 16. The molecule has 0 spiro atoms. The molecule has 1 aromatic heterocycles. The van der Waals surface area contributed by atoms with Crippen molar-refractivity contribution in [3.05, 3.63) is 132 Å². The molecule has 8 atom stereocenters. The number of carbonyl (C=O) groups excluding carboxylic acids is 2. The lowest BCUT2D eigenvalue weighted by Crippen LogP contribution is -2.36. The Morgan fingerprint density at radius 1 is 0.740 bits per heavy atom. The highest BCUT2D eigenvalue weighted by molar-refractivity contribution is 7.61. The minimum atomic E-state index is -5.48. The van der Waals surface area contributed by atoms with Crippen molar-refractivity contribution in [2.45, 2.75) is 160 Å². The highest BCUT2D eigenvalue weighted by Gasteiger charge is 2.46. The number of unbranched alkanes of at least 4 members (excludes halogenated alkanes) is 5. The van der Waals surface area contributed by atoms with Gasteiger partial charge in [0.05, 0.1) is 19.3 Å². The first-order valence-electron chi connectivity index (χ1n) is 25.0. The van der Waals surface area contributed by atoms with Gasteiger partial charge in [0.1, 0.15) is 30.7 Å². The molecule has 2 rings (SSSR count). The molecular formula is C52H79N3O16P2. The number of rotatable bonds is 39. The monoisotopic (exact) mass is 1060 g/mol. The van der Waals surface area contributed by atoms with E-state index in [-0.39, 0.29) is 25.1 Å². The van der Waals surface area contributed by atoms with Crippen molar-refractivity contribution in [2.24, 2.45) is 0 Å². The highest BCUT2D eigenvalue weighted by Crippen LogP contribution is 2.60. The number of anilines is 1. The molecule has 1 aliphatic heterocycles. The second-order valence-electron chi connectivity index (χ2n) is 16.8. The number of ether oxygens (including phenoxy) is 3. The van der Waals surface area contributed by atoms with Crippen molar-refractivity contribution < 1.29 is 71.4 Å². The average molecular weight is 1060 g/mol. The van der Waals surface area contributed by atoms with E-state index in [1.165, 1.54) is 25.3 Å². The van der Waals surface area contributed by atoms with Crippen LogP contribution >= 0.6 is 15.6 Å². The number of phosphoric acid groups is 2. The summed E-state index contributed by atoms with van der Waals surface area (Å²) in [5.74, 6) is -1.55. The number of carbonyl (C=O) groups is 2. The molecule has 408 valence electrons. The number of hydrogen-bond donors (Lipinski definition) is 6. The lowest BCUT2D eigenvalue weighted by atomic mass is 10.1. The Balaban J connectivity index is 1.88. The van der Waals surface area contributed by atoms with Gasteiger partial charge >= 0.3 is 33.3 Å². The predicted octanol–water partition coefficient (Wildman–Crippen LogP) is 9.19. The van der Waals surface area contributed by atoms with Crippen molar-refractivity contribution in [2.75, 3.05) is 25.6 Å². The van der Waals surface area contributed by atoms with Crippen molar-refractivity contribution >= 4 is 33.4 Å². The molecule has 1 aromatic rings. The summed E-state index contributed by atoms with van der Waals surface area (Å²) in [7, 11) is -10.9. The number of nitrogen functional groups attached to an aromatic ring is 1. The smallest absolute Gasteiger partial charge is 0.462 e. The predicted molar refractivity (Wildman–Crippen MR) is 280 cm³/mol. The van der Waals surface area contributed by atoms with Crippen LogP contribution in [0.3, 0.4) is 0 Å². The molecule has 19 nitrogen and oxygen atoms in total. The zero-order chi connectivity index (χ0) is 53.6. The van der Waals surface area contributed by atoms with Crippen molar-refractivity contribution in [3.63, 3.8) is 0 Å². The number of phosphoric ester groups is 2. The molecule has 1 fully saturated rings. The molecule has 0 amide bonds. The highest BCUT2D eigenvalue weighted by atomic mass is 31.3. The van der Waals surface area contributed by atoms with Crippen molar-refractivity contribution in [3.8, 4) is 0 Å². The van der Waals surface area contributed by atoms with Gasteiger partial charge in [-0.1, -0.05) is 136 Å². The summed E-state index contributed by atoms with van der Waals surface area (Å²) in [6, 6.07) is 1.23. The summed E-state index contributed by atoms with van der Waals surface area (Å²) in [4.78, 5) is 61.8. The first-order valence-corrected chi connectivity index (χ1v) is 28.0. The van der Waals surface area contributed by atoms with Crippen molar-refractivity contribution in [1.29, 1.82) is 0 Å². The third kappa shape index (κ3) is 31.7. The van der Waals surface area contributed by atoms with Gasteiger partial charge in [0.2, 0.25) is 0 Å². The van der Waals surface area contributed by atoms with Crippen LogP contribution in [0.1, 0.15) is 129 Å². The molecule has 73 heavy (non-hydrogen) atoms. The number of esters is 2. The fourth-order valence-electron chi connectivity index (χ4n) is 6.55. The molecule has 0 saturated carbocycles. The number of nitrogens with zero attached hydrogens (tertiary/aromatic N) is 2. The Hall–Kier alpha value is -4.62. The van der Waals surface area contributed by atoms with E-state index in [0.29, 0.717) is 25.7 Å². The van der Waals surface area contributed by atoms with Crippen LogP contribution in [-0.4, -0.2) is 96.9 Å². The maximum Gasteiger partial charge on any atom is 0.481 e. The molecule has 7 N–H and O–H groups in total. The molecule has 1 aliphatic rings. The Bertz CT molecular complexity index is 2170. The van der Waals surface area contributed by atoms with E-state index in [9.17, 15) is 48.6 Å². The molecule has 1 saturated heterocycles. The summed E-state index contributed by atoms with van der Waals surface area (Å²) >= 11 is 0. The zero-order valence-electron chi connectivity index (χ0n) is 42.2. The van der Waals surface area contributed by atoms with E-state index >= 15 is 0 Å². The molecule has 0 bridgehead atoms. The molecule has 21 heteroatoms. The maximum absolute atomic E-state index is 12.8. The second-order valence-corrected chi connectivity index (χ2v) is 19.8. The fourth-order valence-corrected chi connectivity index (χ4v) is 8.66. The van der Waals surface area contributed by atoms with E-state index in [1.807, 2.05) is 24.3 Å². The van der Waals surface area contributed by atoms with E-state index in [0.717, 1.165) is 55.7 Å². The average Bonchev–Trinajstić information content (AvgIpc) is 3.62. The van der Waals surface area contributed by atoms with Gasteiger partial charge in [-0.15, -0.1) is 0 Å². The summed E-state index contributed by atoms with van der Waals surface area (Å²) < 4.78 is 56.5. The first kappa shape index (κ1) is 64.5. The molecule has 0 radical (unpaired) electrons. The maximum atomic E-state index is 12.8. The van der Waals surface area contributed by atoms with Crippen LogP contribution < -0.4 is 11.4 Å². The molecular weight excluding hydrogens is 985 g/mol. The van der Waals surface area contributed by atoms with Gasteiger partial charge in [-0.3, -0.25) is 23.2 Å². The lowest BCUT2D eigenvalue weighted by molar-refractivity contribution is -0.161. The van der Waals surface area contributed by atoms with E-state index < -0.39 is 89.8 Å². The summed E-state index contributed by atoms with van der Waals surface area (Å²) in [5, 5.41) is 31.2. The largest absolute Gasteiger partial charge is 0.481 e. The van der Waals surface area contributed by atoms with Gasteiger partial charge in [-0.2, -0.15) is 9.29 Å². The normalized spacial score (nSPS) is 20.3. The van der Waals surface area contributed by atoms with Crippen LogP contribution in [0.2, 0.25) is 0 Å². The van der Waals surface area contributed by atoms with Gasteiger partial charge in [0, 0.05) is 19.0 Å². The summed E-state index contributed by atoms with van der Waals surface area (Å²) in [5.41, 5.74) is 4.56. The fraction of sp³-hybridized carbons (Fsp3) is 0.538. The molecule has 0 aromatic carbocycles. The topological polar surface area (TPSA) is 286 Å². The summed E-state index contributed by atoms with van der Waals surface area (Å²) in [6.07, 6.45) is 40.6. The van der Waals surface area contributed by atoms with E-state index in [1.54, 1.807) is 24.3 Å². The number of aliphatic hydroxyl groups excluding tert-OH is 3. The van der Waals surface area contributed by atoms with Crippen LogP contribution in [0.5, 0.6) is 0 Å². The Kier molecular flexibility index (Phi) is 34.4. The number of aliphatic hydroxyl groups is 3. The van der Waals surface area contributed by atoms with Crippen LogP contribution in [0.4, 0.5) is 5.82 Å². The zero-order valence-corrected chi connectivity index (χ0v) is 44.0. The summed E-state index contributed by atoms with van der Waals surface area (Å²) in [6.45, 7) is 1.78. The third-order valence-corrected chi connectivity index (χ3v) is 13.0. The first-order chi connectivity index (χ1) is 35.1. The van der Waals surface area contributed by atoms with Crippen LogP contribution in [0.25, 0.3) is 0 Å².